The number of nitrogens with zero attached hydrogens (tertiary/aromatic N) is 3. The van der Waals surface area contributed by atoms with Gasteiger partial charge in [-0.05, 0) is 39.7 Å². The van der Waals surface area contributed by atoms with Gasteiger partial charge in [-0.1, -0.05) is 37.3 Å². The first kappa shape index (κ1) is 18.9. The van der Waals surface area contributed by atoms with Crippen molar-refractivity contribution in [2.45, 2.75) is 59.7 Å². The molecular weight excluding hydrogens is 312 g/mol. The monoisotopic (exact) mass is 340 g/mol. The molecular formula is C20H28N4O. The number of nitrogens with one attached hydrogen (secondary N) is 1. The van der Waals surface area contributed by atoms with E-state index in [4.69, 9.17) is 0 Å². The predicted molar refractivity (Wildman–Crippen MR) is 102 cm³/mol. The molecule has 1 N–H and O–H groups in total. The molecule has 1 aromatic carbocycles. The minimum Gasteiger partial charge on any atom is -0.368 e. The van der Waals surface area contributed by atoms with Crippen LogP contribution in [0.3, 0.4) is 0 Å². The van der Waals surface area contributed by atoms with Crippen LogP contribution in [0.15, 0.2) is 36.4 Å². The Morgan fingerprint density at radius 2 is 1.84 bits per heavy atom. The standard InChI is InChI=1S/C20H28N4O/c1-6-15(4)21-19-12-18(22-16(5)23-19)20(25)24(14(2)3)13-17-10-8-7-9-11-17/h7-12,14-15H,6,13H2,1-5H3,(H,21,22,23). The molecule has 0 radical (unpaired) electrons. The normalized spacial score (nSPS) is 12.1. The topological polar surface area (TPSA) is 58.1 Å². The van der Waals surface area contributed by atoms with Crippen LogP contribution in [0, 0.1) is 6.92 Å². The van der Waals surface area contributed by atoms with E-state index in [-0.39, 0.29) is 11.9 Å². The van der Waals surface area contributed by atoms with Gasteiger partial charge in [0, 0.05) is 24.7 Å². The Balaban J connectivity index is 2.26. The number of carbonyl (C=O) groups is 1. The molecule has 0 aliphatic carbocycles. The molecule has 134 valence electrons. The molecule has 1 atom stereocenters. The first-order valence-corrected chi connectivity index (χ1v) is 8.87. The van der Waals surface area contributed by atoms with E-state index in [0.29, 0.717) is 29.9 Å². The van der Waals surface area contributed by atoms with E-state index in [1.54, 1.807) is 6.07 Å². The van der Waals surface area contributed by atoms with Crippen molar-refractivity contribution < 1.29 is 4.79 Å². The summed E-state index contributed by atoms with van der Waals surface area (Å²) in [5.74, 6) is 1.23. The maximum Gasteiger partial charge on any atom is 0.273 e. The molecule has 1 amide bonds. The largest absolute Gasteiger partial charge is 0.368 e. The van der Waals surface area contributed by atoms with Gasteiger partial charge >= 0.3 is 0 Å². The summed E-state index contributed by atoms with van der Waals surface area (Å²) >= 11 is 0. The van der Waals surface area contributed by atoms with Crippen molar-refractivity contribution in [2.24, 2.45) is 0 Å². The lowest BCUT2D eigenvalue weighted by atomic mass is 10.1. The van der Waals surface area contributed by atoms with Crippen LogP contribution in [-0.2, 0) is 6.54 Å². The smallest absolute Gasteiger partial charge is 0.273 e. The van der Waals surface area contributed by atoms with E-state index in [9.17, 15) is 4.79 Å². The summed E-state index contributed by atoms with van der Waals surface area (Å²) in [5, 5.41) is 3.32. The number of aryl methyl sites for hydroxylation is 1. The molecule has 0 bridgehead atoms. The summed E-state index contributed by atoms with van der Waals surface area (Å²) in [4.78, 5) is 23.7. The highest BCUT2D eigenvalue weighted by molar-refractivity contribution is 5.93. The van der Waals surface area contributed by atoms with E-state index in [0.717, 1.165) is 12.0 Å². The molecule has 0 saturated heterocycles. The number of benzene rings is 1. The number of amides is 1. The number of hydrogen-bond donors (Lipinski definition) is 1. The lowest BCUT2D eigenvalue weighted by Crippen LogP contribution is -2.37. The van der Waals surface area contributed by atoms with Crippen LogP contribution in [0.2, 0.25) is 0 Å². The van der Waals surface area contributed by atoms with Crippen LogP contribution in [-0.4, -0.2) is 32.9 Å². The molecule has 0 spiro atoms. The molecule has 2 aromatic rings. The molecule has 5 heteroatoms. The van der Waals surface area contributed by atoms with Gasteiger partial charge < -0.3 is 10.2 Å². The predicted octanol–water partition coefficient (Wildman–Crippen LogP) is 4.05. The van der Waals surface area contributed by atoms with Crippen molar-refractivity contribution >= 4 is 11.7 Å². The summed E-state index contributed by atoms with van der Waals surface area (Å²) in [7, 11) is 0. The van der Waals surface area contributed by atoms with Gasteiger partial charge in [-0.2, -0.15) is 0 Å². The number of rotatable bonds is 7. The average Bonchev–Trinajstić information content (AvgIpc) is 2.59. The second kappa shape index (κ2) is 8.60. The van der Waals surface area contributed by atoms with E-state index in [1.807, 2.05) is 56.0 Å². The Bertz CT molecular complexity index is 700. The van der Waals surface area contributed by atoms with E-state index < -0.39 is 0 Å². The summed E-state index contributed by atoms with van der Waals surface area (Å²) in [6.07, 6.45) is 0.985. The Morgan fingerprint density at radius 1 is 1.16 bits per heavy atom. The van der Waals surface area contributed by atoms with Crippen LogP contribution in [0.4, 0.5) is 5.82 Å². The zero-order valence-corrected chi connectivity index (χ0v) is 15.8. The molecule has 25 heavy (non-hydrogen) atoms. The molecule has 0 fully saturated rings. The summed E-state index contributed by atoms with van der Waals surface area (Å²) in [6.45, 7) is 10.6. The molecule has 0 aliphatic rings. The molecule has 0 saturated carbocycles. The minimum absolute atomic E-state index is 0.0726. The number of carbonyl (C=O) groups excluding carboxylic acids is 1. The fourth-order valence-electron chi connectivity index (χ4n) is 2.52. The summed E-state index contributed by atoms with van der Waals surface area (Å²) in [5.41, 5.74) is 1.54. The summed E-state index contributed by atoms with van der Waals surface area (Å²) < 4.78 is 0. The molecule has 1 heterocycles. The first-order valence-electron chi connectivity index (χ1n) is 8.87. The fourth-order valence-corrected chi connectivity index (χ4v) is 2.52. The molecule has 0 aliphatic heterocycles. The van der Waals surface area contributed by atoms with E-state index >= 15 is 0 Å². The molecule has 1 unspecified atom stereocenters. The first-order chi connectivity index (χ1) is 11.9. The Kier molecular flexibility index (Phi) is 6.51. The van der Waals surface area contributed by atoms with Crippen molar-refractivity contribution in [3.63, 3.8) is 0 Å². The highest BCUT2D eigenvalue weighted by Crippen LogP contribution is 2.15. The van der Waals surface area contributed by atoms with Gasteiger partial charge in [0.05, 0.1) is 0 Å². The lowest BCUT2D eigenvalue weighted by Gasteiger charge is -2.27. The maximum atomic E-state index is 13.1. The SMILES string of the molecule is CCC(C)Nc1cc(C(=O)N(Cc2ccccc2)C(C)C)nc(C)n1. The lowest BCUT2D eigenvalue weighted by molar-refractivity contribution is 0.0684. The van der Waals surface area contributed by atoms with Gasteiger partial charge in [-0.15, -0.1) is 0 Å². The second-order valence-corrected chi connectivity index (χ2v) is 6.65. The third kappa shape index (κ3) is 5.28. The summed E-state index contributed by atoms with van der Waals surface area (Å²) in [6, 6.07) is 12.1. The van der Waals surface area contributed by atoms with Gasteiger partial charge in [0.25, 0.3) is 5.91 Å². The van der Waals surface area contributed by atoms with Crippen molar-refractivity contribution in [1.29, 1.82) is 0 Å². The zero-order chi connectivity index (χ0) is 18.4. The van der Waals surface area contributed by atoms with Gasteiger partial charge in [0.15, 0.2) is 0 Å². The fraction of sp³-hybridized carbons (Fsp3) is 0.450. The van der Waals surface area contributed by atoms with Crippen molar-refractivity contribution in [3.05, 3.63) is 53.5 Å². The van der Waals surface area contributed by atoms with Crippen LogP contribution in [0.25, 0.3) is 0 Å². The van der Waals surface area contributed by atoms with Crippen LogP contribution >= 0.6 is 0 Å². The van der Waals surface area contributed by atoms with E-state index in [1.165, 1.54) is 0 Å². The highest BCUT2D eigenvalue weighted by Gasteiger charge is 2.21. The van der Waals surface area contributed by atoms with Crippen LogP contribution in [0.1, 0.15) is 56.0 Å². The Hall–Kier alpha value is -2.43. The third-order valence-corrected chi connectivity index (χ3v) is 4.14. The highest BCUT2D eigenvalue weighted by atomic mass is 16.2. The van der Waals surface area contributed by atoms with E-state index in [2.05, 4.69) is 29.1 Å². The van der Waals surface area contributed by atoms with Crippen molar-refractivity contribution in [3.8, 4) is 0 Å². The van der Waals surface area contributed by atoms with Gasteiger partial charge in [0.2, 0.25) is 0 Å². The molecule has 1 aromatic heterocycles. The van der Waals surface area contributed by atoms with Gasteiger partial charge in [-0.3, -0.25) is 4.79 Å². The Morgan fingerprint density at radius 3 is 2.44 bits per heavy atom. The van der Waals surface area contributed by atoms with Crippen molar-refractivity contribution in [2.75, 3.05) is 5.32 Å². The third-order valence-electron chi connectivity index (χ3n) is 4.14. The maximum absolute atomic E-state index is 13.1. The number of aromatic nitrogens is 2. The van der Waals surface area contributed by atoms with Crippen molar-refractivity contribution in [1.82, 2.24) is 14.9 Å². The minimum atomic E-state index is -0.0726. The second-order valence-electron chi connectivity index (χ2n) is 6.65. The number of hydrogen-bond acceptors (Lipinski definition) is 4. The molecule has 2 rings (SSSR count). The number of anilines is 1. The van der Waals surface area contributed by atoms with Crippen LogP contribution in [0.5, 0.6) is 0 Å². The van der Waals surface area contributed by atoms with Gasteiger partial charge in [0.1, 0.15) is 17.3 Å². The van der Waals surface area contributed by atoms with Crippen LogP contribution < -0.4 is 5.32 Å². The Labute approximate surface area is 150 Å². The average molecular weight is 340 g/mol. The van der Waals surface area contributed by atoms with Gasteiger partial charge in [-0.25, -0.2) is 9.97 Å². The molecule has 5 nitrogen and oxygen atoms in total. The zero-order valence-electron chi connectivity index (χ0n) is 15.8. The quantitative estimate of drug-likeness (QED) is 0.826.